The number of carbonyl (C=O) groups is 1. The smallest absolute Gasteiger partial charge is 0.215 e. The van der Waals surface area contributed by atoms with Gasteiger partial charge in [0.1, 0.15) is 17.3 Å². The Labute approximate surface area is 141 Å². The maximum absolute atomic E-state index is 12.8. The molecule has 2 aromatic rings. The van der Waals surface area contributed by atoms with Crippen molar-refractivity contribution in [3.63, 3.8) is 0 Å². The molecule has 0 radical (unpaired) electrons. The first-order valence-electron chi connectivity index (χ1n) is 7.97. The van der Waals surface area contributed by atoms with Crippen molar-refractivity contribution in [2.45, 2.75) is 13.0 Å². The van der Waals surface area contributed by atoms with Gasteiger partial charge < -0.3 is 16.0 Å². The minimum atomic E-state index is -0.228. The number of rotatable bonds is 4. The standard InChI is InChI=1S/C18H21N5O/c1-3-13-9-14(18(19)21-11-13)17(24)15-5-4-6-16(22-15)23-8-7-20-10-12(23)2/h3-6,9,11-12,20H,1,7-8,10H2,2H3,(H2,19,21)/t12-/m1/s1. The molecule has 0 saturated carbocycles. The van der Waals surface area contributed by atoms with Crippen LogP contribution in [-0.2, 0) is 0 Å². The van der Waals surface area contributed by atoms with E-state index in [9.17, 15) is 4.79 Å². The first-order valence-corrected chi connectivity index (χ1v) is 7.97. The van der Waals surface area contributed by atoms with Crippen LogP contribution in [0, 0.1) is 0 Å². The van der Waals surface area contributed by atoms with E-state index in [0.29, 0.717) is 17.3 Å². The van der Waals surface area contributed by atoms with Crippen LogP contribution in [0.2, 0.25) is 0 Å². The van der Waals surface area contributed by atoms with E-state index in [1.807, 2.05) is 12.1 Å². The van der Waals surface area contributed by atoms with E-state index in [4.69, 9.17) is 5.73 Å². The maximum Gasteiger partial charge on any atom is 0.215 e. The zero-order valence-electron chi connectivity index (χ0n) is 13.7. The van der Waals surface area contributed by atoms with Crippen LogP contribution >= 0.6 is 0 Å². The number of carbonyl (C=O) groups excluding carboxylic acids is 1. The molecule has 1 aliphatic rings. The summed E-state index contributed by atoms with van der Waals surface area (Å²) in [6.07, 6.45) is 3.22. The lowest BCUT2D eigenvalue weighted by atomic mass is 10.1. The molecule has 1 atom stereocenters. The van der Waals surface area contributed by atoms with Gasteiger partial charge in [-0.25, -0.2) is 9.97 Å². The van der Waals surface area contributed by atoms with Gasteiger partial charge >= 0.3 is 0 Å². The van der Waals surface area contributed by atoms with Gasteiger partial charge in [0, 0.05) is 31.9 Å². The van der Waals surface area contributed by atoms with Crippen LogP contribution in [0.15, 0.2) is 37.0 Å². The average molecular weight is 323 g/mol. The number of hydrogen-bond donors (Lipinski definition) is 2. The summed E-state index contributed by atoms with van der Waals surface area (Å²) in [5.74, 6) is 0.780. The predicted molar refractivity (Wildman–Crippen MR) is 96.1 cm³/mol. The largest absolute Gasteiger partial charge is 0.383 e. The SMILES string of the molecule is C=Cc1cnc(N)c(C(=O)c2cccc(N3CCNC[C@H]3C)n2)c1. The lowest BCUT2D eigenvalue weighted by molar-refractivity contribution is 0.103. The molecule has 6 nitrogen and oxygen atoms in total. The van der Waals surface area contributed by atoms with Crippen LogP contribution in [-0.4, -0.2) is 41.4 Å². The number of nitrogens with one attached hydrogen (secondary N) is 1. The maximum atomic E-state index is 12.8. The summed E-state index contributed by atoms with van der Waals surface area (Å²) >= 11 is 0. The van der Waals surface area contributed by atoms with Crippen molar-refractivity contribution in [2.75, 3.05) is 30.3 Å². The van der Waals surface area contributed by atoms with Gasteiger partial charge in [-0.05, 0) is 30.7 Å². The number of hydrogen-bond acceptors (Lipinski definition) is 6. The number of nitrogen functional groups attached to an aromatic ring is 1. The Balaban J connectivity index is 1.94. The number of pyridine rings is 2. The molecule has 0 aliphatic carbocycles. The minimum Gasteiger partial charge on any atom is -0.383 e. The number of piperazine rings is 1. The first-order chi connectivity index (χ1) is 11.6. The third-order valence-corrected chi connectivity index (χ3v) is 4.18. The molecule has 0 spiro atoms. The van der Waals surface area contributed by atoms with Crippen molar-refractivity contribution in [2.24, 2.45) is 0 Å². The predicted octanol–water partition coefficient (Wildman–Crippen LogP) is 1.73. The van der Waals surface area contributed by atoms with Gasteiger partial charge in [-0.3, -0.25) is 4.79 Å². The Bertz CT molecular complexity index is 774. The van der Waals surface area contributed by atoms with Gasteiger partial charge in [0.2, 0.25) is 5.78 Å². The van der Waals surface area contributed by atoms with Crippen LogP contribution < -0.4 is 16.0 Å². The minimum absolute atomic E-state index is 0.202. The number of nitrogens with two attached hydrogens (primary N) is 1. The molecular weight excluding hydrogens is 302 g/mol. The van der Waals surface area contributed by atoms with Gasteiger partial charge in [-0.2, -0.15) is 0 Å². The second-order valence-electron chi connectivity index (χ2n) is 5.86. The monoisotopic (exact) mass is 323 g/mol. The van der Waals surface area contributed by atoms with Crippen LogP contribution in [0.5, 0.6) is 0 Å². The van der Waals surface area contributed by atoms with Crippen LogP contribution in [0.3, 0.4) is 0 Å². The molecular formula is C18H21N5O. The van der Waals surface area contributed by atoms with Crippen molar-refractivity contribution < 1.29 is 4.79 Å². The summed E-state index contributed by atoms with van der Waals surface area (Å²) < 4.78 is 0. The number of ketones is 1. The molecule has 0 aromatic carbocycles. The molecule has 124 valence electrons. The quantitative estimate of drug-likeness (QED) is 0.834. The second-order valence-corrected chi connectivity index (χ2v) is 5.86. The fourth-order valence-electron chi connectivity index (χ4n) is 2.81. The Hall–Kier alpha value is -2.73. The number of nitrogens with zero attached hydrogens (tertiary/aromatic N) is 3. The number of aromatic nitrogens is 2. The fraction of sp³-hybridized carbons (Fsp3) is 0.278. The lowest BCUT2D eigenvalue weighted by Gasteiger charge is -2.35. The molecule has 3 heterocycles. The van der Waals surface area contributed by atoms with Crippen molar-refractivity contribution in [3.05, 3.63) is 53.9 Å². The topological polar surface area (TPSA) is 84.1 Å². The Morgan fingerprint density at radius 3 is 3.08 bits per heavy atom. The highest BCUT2D eigenvalue weighted by atomic mass is 16.1. The summed E-state index contributed by atoms with van der Waals surface area (Å²) in [4.78, 5) is 23.6. The fourth-order valence-corrected chi connectivity index (χ4v) is 2.81. The van der Waals surface area contributed by atoms with E-state index in [2.05, 4.69) is 33.7 Å². The molecule has 3 rings (SSSR count). The normalized spacial score (nSPS) is 17.5. The van der Waals surface area contributed by atoms with Gasteiger partial charge in [0.15, 0.2) is 0 Å². The van der Waals surface area contributed by atoms with Crippen LogP contribution in [0.4, 0.5) is 11.6 Å². The lowest BCUT2D eigenvalue weighted by Crippen LogP contribution is -2.50. The summed E-state index contributed by atoms with van der Waals surface area (Å²) in [7, 11) is 0. The van der Waals surface area contributed by atoms with Crippen molar-refractivity contribution in [1.29, 1.82) is 0 Å². The molecule has 1 fully saturated rings. The molecule has 0 amide bonds. The molecule has 1 saturated heterocycles. The molecule has 0 bridgehead atoms. The van der Waals surface area contributed by atoms with E-state index >= 15 is 0 Å². The van der Waals surface area contributed by atoms with Crippen molar-refractivity contribution >= 4 is 23.5 Å². The van der Waals surface area contributed by atoms with Gasteiger partial charge in [-0.15, -0.1) is 0 Å². The van der Waals surface area contributed by atoms with Crippen molar-refractivity contribution in [1.82, 2.24) is 15.3 Å². The Morgan fingerprint density at radius 1 is 1.50 bits per heavy atom. The van der Waals surface area contributed by atoms with Gasteiger partial charge in [0.05, 0.1) is 5.56 Å². The van der Waals surface area contributed by atoms with E-state index in [1.165, 1.54) is 0 Å². The van der Waals surface area contributed by atoms with Gasteiger partial charge in [0.25, 0.3) is 0 Å². The van der Waals surface area contributed by atoms with Crippen LogP contribution in [0.25, 0.3) is 6.08 Å². The third-order valence-electron chi connectivity index (χ3n) is 4.18. The Kier molecular flexibility index (Phi) is 4.57. The van der Waals surface area contributed by atoms with E-state index in [-0.39, 0.29) is 11.6 Å². The molecule has 1 aliphatic heterocycles. The zero-order chi connectivity index (χ0) is 17.1. The Morgan fingerprint density at radius 2 is 2.33 bits per heavy atom. The zero-order valence-corrected chi connectivity index (χ0v) is 13.7. The molecule has 0 unspecified atom stereocenters. The van der Waals surface area contributed by atoms with E-state index in [1.54, 1.807) is 24.4 Å². The highest BCUT2D eigenvalue weighted by molar-refractivity contribution is 6.10. The molecule has 3 N–H and O–H groups in total. The summed E-state index contributed by atoms with van der Waals surface area (Å²) in [6, 6.07) is 7.51. The average Bonchev–Trinajstić information content (AvgIpc) is 2.62. The van der Waals surface area contributed by atoms with Gasteiger partial charge in [-0.1, -0.05) is 18.7 Å². The molecule has 24 heavy (non-hydrogen) atoms. The highest BCUT2D eigenvalue weighted by Gasteiger charge is 2.21. The van der Waals surface area contributed by atoms with Crippen molar-refractivity contribution in [3.8, 4) is 0 Å². The summed E-state index contributed by atoms with van der Waals surface area (Å²) in [5, 5.41) is 3.35. The molecule has 2 aromatic heterocycles. The highest BCUT2D eigenvalue weighted by Crippen LogP contribution is 2.20. The van der Waals surface area contributed by atoms with Crippen LogP contribution in [0.1, 0.15) is 28.5 Å². The summed E-state index contributed by atoms with van der Waals surface area (Å²) in [5.41, 5.74) is 7.34. The second kappa shape index (κ2) is 6.80. The third kappa shape index (κ3) is 3.14. The number of anilines is 2. The van der Waals surface area contributed by atoms with E-state index < -0.39 is 0 Å². The summed E-state index contributed by atoms with van der Waals surface area (Å²) in [6.45, 7) is 8.50. The van der Waals surface area contributed by atoms with E-state index in [0.717, 1.165) is 31.0 Å². The molecule has 6 heteroatoms. The first kappa shape index (κ1) is 16.1.